The van der Waals surface area contributed by atoms with Crippen LogP contribution in [-0.4, -0.2) is 28.2 Å². The van der Waals surface area contributed by atoms with Crippen molar-refractivity contribution in [3.8, 4) is 0 Å². The average Bonchev–Trinajstić information content (AvgIpc) is 2.20. The molecular weight excluding hydrogens is 226 g/mol. The van der Waals surface area contributed by atoms with Crippen LogP contribution < -0.4 is 5.32 Å². The first-order valence-electron chi connectivity index (χ1n) is 5.44. The maximum atomic E-state index is 5.95. The lowest BCUT2D eigenvalue weighted by Gasteiger charge is -2.36. The highest BCUT2D eigenvalue weighted by Gasteiger charge is 2.29. The van der Waals surface area contributed by atoms with Crippen LogP contribution in [0.2, 0.25) is 5.15 Å². The Labute approximate surface area is 100 Å². The molecule has 1 aliphatic rings. The summed E-state index contributed by atoms with van der Waals surface area (Å²) in [6.07, 6.45) is 5.14. The van der Waals surface area contributed by atoms with Crippen molar-refractivity contribution in [3.63, 3.8) is 0 Å². The van der Waals surface area contributed by atoms with Crippen LogP contribution in [0.1, 0.15) is 26.7 Å². The fourth-order valence-corrected chi connectivity index (χ4v) is 2.13. The Morgan fingerprint density at radius 2 is 2.19 bits per heavy atom. The maximum Gasteiger partial charge on any atom is 0.171 e. The molecule has 1 unspecified atom stereocenters. The van der Waals surface area contributed by atoms with E-state index in [0.717, 1.165) is 19.4 Å². The van der Waals surface area contributed by atoms with Crippen molar-refractivity contribution in [2.45, 2.75) is 38.3 Å². The molecule has 1 atom stereocenters. The SMILES string of the molecule is CC1(C)CC(Nc2nccnc2Cl)CCO1. The quantitative estimate of drug-likeness (QED) is 0.864. The predicted octanol–water partition coefficient (Wildman–Crippen LogP) is 2.50. The zero-order valence-corrected chi connectivity index (χ0v) is 10.3. The molecule has 88 valence electrons. The van der Waals surface area contributed by atoms with E-state index in [0.29, 0.717) is 17.0 Å². The number of hydrogen-bond donors (Lipinski definition) is 1. The first-order chi connectivity index (χ1) is 7.57. The van der Waals surface area contributed by atoms with Gasteiger partial charge in [0, 0.05) is 25.0 Å². The predicted molar refractivity (Wildman–Crippen MR) is 63.7 cm³/mol. The van der Waals surface area contributed by atoms with E-state index in [9.17, 15) is 0 Å². The molecule has 1 fully saturated rings. The van der Waals surface area contributed by atoms with Gasteiger partial charge in [-0.05, 0) is 26.7 Å². The lowest BCUT2D eigenvalue weighted by Crippen LogP contribution is -2.40. The summed E-state index contributed by atoms with van der Waals surface area (Å²) in [5.41, 5.74) is -0.0788. The molecule has 1 saturated heterocycles. The highest BCUT2D eigenvalue weighted by molar-refractivity contribution is 6.31. The first kappa shape index (κ1) is 11.6. The van der Waals surface area contributed by atoms with Gasteiger partial charge in [0.2, 0.25) is 0 Å². The minimum absolute atomic E-state index is 0.0788. The van der Waals surface area contributed by atoms with E-state index in [1.54, 1.807) is 12.4 Å². The number of anilines is 1. The zero-order chi connectivity index (χ0) is 11.6. The maximum absolute atomic E-state index is 5.95. The second-order valence-electron chi connectivity index (χ2n) is 4.64. The molecule has 1 N–H and O–H groups in total. The van der Waals surface area contributed by atoms with E-state index in [-0.39, 0.29) is 5.60 Å². The van der Waals surface area contributed by atoms with Gasteiger partial charge in [-0.3, -0.25) is 0 Å². The van der Waals surface area contributed by atoms with Crippen molar-refractivity contribution < 1.29 is 4.74 Å². The van der Waals surface area contributed by atoms with Crippen molar-refractivity contribution in [2.75, 3.05) is 11.9 Å². The third kappa shape index (κ3) is 2.83. The number of hydrogen-bond acceptors (Lipinski definition) is 4. The van der Waals surface area contributed by atoms with Gasteiger partial charge in [0.25, 0.3) is 0 Å². The highest BCUT2D eigenvalue weighted by Crippen LogP contribution is 2.27. The second-order valence-corrected chi connectivity index (χ2v) is 5.00. The highest BCUT2D eigenvalue weighted by atomic mass is 35.5. The lowest BCUT2D eigenvalue weighted by molar-refractivity contribution is -0.0553. The van der Waals surface area contributed by atoms with Crippen LogP contribution in [-0.2, 0) is 4.74 Å². The molecular formula is C11H16ClN3O. The van der Waals surface area contributed by atoms with Crippen LogP contribution >= 0.6 is 11.6 Å². The molecule has 16 heavy (non-hydrogen) atoms. The summed E-state index contributed by atoms with van der Waals surface area (Å²) in [7, 11) is 0. The minimum atomic E-state index is -0.0788. The van der Waals surface area contributed by atoms with Gasteiger partial charge in [-0.1, -0.05) is 11.6 Å². The Hall–Kier alpha value is -0.870. The fraction of sp³-hybridized carbons (Fsp3) is 0.636. The van der Waals surface area contributed by atoms with Crippen LogP contribution in [0.4, 0.5) is 5.82 Å². The second kappa shape index (κ2) is 4.55. The molecule has 0 amide bonds. The van der Waals surface area contributed by atoms with Crippen LogP contribution in [0, 0.1) is 0 Å². The largest absolute Gasteiger partial charge is 0.375 e. The van der Waals surface area contributed by atoms with E-state index in [1.807, 2.05) is 0 Å². The van der Waals surface area contributed by atoms with Crippen molar-refractivity contribution in [1.82, 2.24) is 9.97 Å². The Bertz CT molecular complexity index is 370. The van der Waals surface area contributed by atoms with E-state index < -0.39 is 0 Å². The number of rotatable bonds is 2. The van der Waals surface area contributed by atoms with Gasteiger partial charge in [0.1, 0.15) is 0 Å². The van der Waals surface area contributed by atoms with Crippen LogP contribution in [0.5, 0.6) is 0 Å². The molecule has 1 aliphatic heterocycles. The molecule has 2 rings (SSSR count). The number of nitrogens with zero attached hydrogens (tertiary/aromatic N) is 2. The summed E-state index contributed by atoms with van der Waals surface area (Å²) in [6.45, 7) is 4.96. The Morgan fingerprint density at radius 3 is 2.88 bits per heavy atom. The fourth-order valence-electron chi connectivity index (χ4n) is 1.97. The molecule has 0 radical (unpaired) electrons. The number of nitrogens with one attached hydrogen (secondary N) is 1. The summed E-state index contributed by atoms with van der Waals surface area (Å²) in [5.74, 6) is 0.659. The Balaban J connectivity index is 2.02. The molecule has 5 heteroatoms. The molecule has 0 aromatic carbocycles. The molecule has 2 heterocycles. The molecule has 1 aromatic rings. The van der Waals surface area contributed by atoms with Crippen LogP contribution in [0.25, 0.3) is 0 Å². The third-order valence-corrected chi connectivity index (χ3v) is 2.97. The van der Waals surface area contributed by atoms with Gasteiger partial charge >= 0.3 is 0 Å². The Kier molecular flexibility index (Phi) is 3.30. The van der Waals surface area contributed by atoms with E-state index >= 15 is 0 Å². The summed E-state index contributed by atoms with van der Waals surface area (Å²) < 4.78 is 5.65. The standard InChI is InChI=1S/C11H16ClN3O/c1-11(2)7-8(3-6-16-11)15-10-9(12)13-4-5-14-10/h4-5,8H,3,6-7H2,1-2H3,(H,14,15). The normalized spacial score (nSPS) is 24.1. The first-order valence-corrected chi connectivity index (χ1v) is 5.82. The molecule has 1 aromatic heterocycles. The molecule has 0 spiro atoms. The summed E-state index contributed by atoms with van der Waals surface area (Å²) in [4.78, 5) is 8.16. The Morgan fingerprint density at radius 1 is 1.44 bits per heavy atom. The lowest BCUT2D eigenvalue weighted by atomic mass is 9.94. The van der Waals surface area contributed by atoms with Gasteiger partial charge in [-0.2, -0.15) is 0 Å². The average molecular weight is 242 g/mol. The van der Waals surface area contributed by atoms with Gasteiger partial charge < -0.3 is 10.1 Å². The van der Waals surface area contributed by atoms with Crippen LogP contribution in [0.15, 0.2) is 12.4 Å². The topological polar surface area (TPSA) is 47.0 Å². The van der Waals surface area contributed by atoms with Gasteiger partial charge in [0.15, 0.2) is 11.0 Å². The van der Waals surface area contributed by atoms with Crippen molar-refractivity contribution >= 4 is 17.4 Å². The van der Waals surface area contributed by atoms with Gasteiger partial charge in [-0.15, -0.1) is 0 Å². The number of aromatic nitrogens is 2. The van der Waals surface area contributed by atoms with E-state index in [1.165, 1.54) is 0 Å². The zero-order valence-electron chi connectivity index (χ0n) is 9.53. The number of halogens is 1. The number of ether oxygens (including phenoxy) is 1. The summed E-state index contributed by atoms with van der Waals surface area (Å²) >= 11 is 5.95. The smallest absolute Gasteiger partial charge is 0.171 e. The molecule has 0 bridgehead atoms. The third-order valence-electron chi connectivity index (χ3n) is 2.69. The van der Waals surface area contributed by atoms with Crippen molar-refractivity contribution in [2.24, 2.45) is 0 Å². The minimum Gasteiger partial charge on any atom is -0.375 e. The summed E-state index contributed by atoms with van der Waals surface area (Å²) in [5, 5.41) is 3.74. The van der Waals surface area contributed by atoms with Gasteiger partial charge in [-0.25, -0.2) is 9.97 Å². The molecule has 0 saturated carbocycles. The van der Waals surface area contributed by atoms with Crippen LogP contribution in [0.3, 0.4) is 0 Å². The molecule has 0 aliphatic carbocycles. The van der Waals surface area contributed by atoms with Crippen molar-refractivity contribution in [1.29, 1.82) is 0 Å². The van der Waals surface area contributed by atoms with Gasteiger partial charge in [0.05, 0.1) is 5.60 Å². The summed E-state index contributed by atoms with van der Waals surface area (Å²) in [6, 6.07) is 0.345. The monoisotopic (exact) mass is 241 g/mol. The van der Waals surface area contributed by atoms with Crippen molar-refractivity contribution in [3.05, 3.63) is 17.5 Å². The van der Waals surface area contributed by atoms with E-state index in [2.05, 4.69) is 29.1 Å². The molecule has 4 nitrogen and oxygen atoms in total. The van der Waals surface area contributed by atoms with E-state index in [4.69, 9.17) is 16.3 Å².